The van der Waals surface area contributed by atoms with Crippen molar-refractivity contribution in [3.8, 4) is 0 Å². The molecule has 1 amide bonds. The molecule has 0 spiro atoms. The summed E-state index contributed by atoms with van der Waals surface area (Å²) in [5, 5.41) is 2.91. The van der Waals surface area contributed by atoms with Crippen molar-refractivity contribution < 1.29 is 4.79 Å². The molecule has 6 heteroatoms. The van der Waals surface area contributed by atoms with Gasteiger partial charge in [0.2, 0.25) is 5.91 Å². The molecule has 18 heavy (non-hydrogen) atoms. The van der Waals surface area contributed by atoms with Crippen LogP contribution >= 0.6 is 24.8 Å². The smallest absolute Gasteiger partial charge is 0.239 e. The standard InChI is InChI=1S/C12H25N3O.2ClH/c1-10(9-15-6-4-5-7-15)8-14-11(16)12(2,3)13;;/h10H,4-9,13H2,1-3H3,(H,14,16);2*1H. The molecule has 0 aromatic heterocycles. The Morgan fingerprint density at radius 1 is 1.33 bits per heavy atom. The Morgan fingerprint density at radius 3 is 2.28 bits per heavy atom. The highest BCUT2D eigenvalue weighted by Crippen LogP contribution is 2.09. The van der Waals surface area contributed by atoms with Crippen LogP contribution in [0.15, 0.2) is 0 Å². The van der Waals surface area contributed by atoms with Gasteiger partial charge in [-0.15, -0.1) is 24.8 Å². The lowest BCUT2D eigenvalue weighted by atomic mass is 10.1. The zero-order valence-electron chi connectivity index (χ0n) is 11.6. The van der Waals surface area contributed by atoms with Gasteiger partial charge in [-0.1, -0.05) is 6.92 Å². The normalized spacial score (nSPS) is 17.6. The van der Waals surface area contributed by atoms with Crippen molar-refractivity contribution >= 4 is 30.7 Å². The van der Waals surface area contributed by atoms with E-state index in [2.05, 4.69) is 17.1 Å². The largest absolute Gasteiger partial charge is 0.354 e. The molecule has 3 N–H and O–H groups in total. The zero-order chi connectivity index (χ0) is 12.2. The molecule has 0 aromatic rings. The number of hydrogen-bond donors (Lipinski definition) is 2. The highest BCUT2D eigenvalue weighted by molar-refractivity contribution is 5.85. The van der Waals surface area contributed by atoms with Gasteiger partial charge < -0.3 is 16.0 Å². The fourth-order valence-corrected chi connectivity index (χ4v) is 1.97. The van der Waals surface area contributed by atoms with E-state index in [1.165, 1.54) is 25.9 Å². The van der Waals surface area contributed by atoms with Crippen LogP contribution in [0.4, 0.5) is 0 Å². The van der Waals surface area contributed by atoms with Crippen LogP contribution in [0.3, 0.4) is 0 Å². The van der Waals surface area contributed by atoms with Gasteiger partial charge >= 0.3 is 0 Å². The molecule has 110 valence electrons. The second-order valence-electron chi connectivity index (χ2n) is 5.54. The molecule has 0 bridgehead atoms. The molecule has 1 saturated heterocycles. The maximum absolute atomic E-state index is 11.6. The van der Waals surface area contributed by atoms with E-state index in [4.69, 9.17) is 5.73 Å². The Morgan fingerprint density at radius 2 is 1.83 bits per heavy atom. The number of nitrogens with two attached hydrogens (primary N) is 1. The number of amides is 1. The summed E-state index contributed by atoms with van der Waals surface area (Å²) in [6, 6.07) is 0. The highest BCUT2D eigenvalue weighted by Gasteiger charge is 2.22. The summed E-state index contributed by atoms with van der Waals surface area (Å²) in [5.41, 5.74) is 4.94. The van der Waals surface area contributed by atoms with Gasteiger partial charge in [0.05, 0.1) is 5.54 Å². The number of nitrogens with zero attached hydrogens (tertiary/aromatic N) is 1. The summed E-state index contributed by atoms with van der Waals surface area (Å²) >= 11 is 0. The predicted octanol–water partition coefficient (Wildman–Crippen LogP) is 1.42. The molecule has 0 aromatic carbocycles. The Hall–Kier alpha value is -0.0300. The van der Waals surface area contributed by atoms with Gasteiger partial charge in [-0.3, -0.25) is 4.79 Å². The van der Waals surface area contributed by atoms with Gasteiger partial charge in [0.25, 0.3) is 0 Å². The molecule has 1 aliphatic rings. The van der Waals surface area contributed by atoms with Crippen molar-refractivity contribution in [2.75, 3.05) is 26.2 Å². The molecule has 1 atom stereocenters. The Bertz CT molecular complexity index is 238. The van der Waals surface area contributed by atoms with E-state index in [0.29, 0.717) is 5.92 Å². The Kier molecular flexibility index (Phi) is 10.1. The molecule has 1 heterocycles. The predicted molar refractivity (Wildman–Crippen MR) is 80.6 cm³/mol. The molecule has 1 rings (SSSR count). The summed E-state index contributed by atoms with van der Waals surface area (Å²) in [6.07, 6.45) is 2.63. The third-order valence-corrected chi connectivity index (χ3v) is 2.96. The average molecular weight is 300 g/mol. The van der Waals surface area contributed by atoms with Crippen molar-refractivity contribution in [3.63, 3.8) is 0 Å². The molecule has 0 saturated carbocycles. The number of halogens is 2. The van der Waals surface area contributed by atoms with Crippen molar-refractivity contribution in [2.45, 2.75) is 39.2 Å². The van der Waals surface area contributed by atoms with Crippen LogP contribution in [0, 0.1) is 5.92 Å². The summed E-state index contributed by atoms with van der Waals surface area (Å²) in [7, 11) is 0. The Labute approximate surface area is 123 Å². The highest BCUT2D eigenvalue weighted by atomic mass is 35.5. The summed E-state index contributed by atoms with van der Waals surface area (Å²) in [4.78, 5) is 14.0. The molecule has 1 fully saturated rings. The second kappa shape index (κ2) is 8.97. The monoisotopic (exact) mass is 299 g/mol. The third kappa shape index (κ3) is 7.41. The number of hydrogen-bond acceptors (Lipinski definition) is 3. The molecule has 4 nitrogen and oxygen atoms in total. The first-order chi connectivity index (χ1) is 7.39. The van der Waals surface area contributed by atoms with Gasteiger partial charge in [-0.25, -0.2) is 0 Å². The minimum absolute atomic E-state index is 0. The zero-order valence-corrected chi connectivity index (χ0v) is 13.2. The SMILES string of the molecule is CC(CNC(=O)C(C)(C)N)CN1CCCC1.Cl.Cl. The van der Waals surface area contributed by atoms with E-state index in [9.17, 15) is 4.79 Å². The lowest BCUT2D eigenvalue weighted by Gasteiger charge is -2.23. The van der Waals surface area contributed by atoms with Crippen molar-refractivity contribution in [1.82, 2.24) is 10.2 Å². The van der Waals surface area contributed by atoms with E-state index in [1.807, 2.05) is 0 Å². The minimum Gasteiger partial charge on any atom is -0.354 e. The van der Waals surface area contributed by atoms with Gasteiger partial charge in [0.1, 0.15) is 0 Å². The maximum atomic E-state index is 11.6. The van der Waals surface area contributed by atoms with Crippen LogP contribution in [0.5, 0.6) is 0 Å². The maximum Gasteiger partial charge on any atom is 0.239 e. The molecular weight excluding hydrogens is 273 g/mol. The molecule has 1 unspecified atom stereocenters. The number of carbonyl (C=O) groups excluding carboxylic acids is 1. The molecule has 0 aliphatic carbocycles. The Balaban J connectivity index is 0. The quantitative estimate of drug-likeness (QED) is 0.807. The van der Waals surface area contributed by atoms with Gasteiger partial charge in [0.15, 0.2) is 0 Å². The summed E-state index contributed by atoms with van der Waals surface area (Å²) < 4.78 is 0. The fourth-order valence-electron chi connectivity index (χ4n) is 1.97. The van der Waals surface area contributed by atoms with Crippen molar-refractivity contribution in [2.24, 2.45) is 11.7 Å². The minimum atomic E-state index is -0.770. The lowest BCUT2D eigenvalue weighted by Crippen LogP contribution is -2.50. The van der Waals surface area contributed by atoms with E-state index >= 15 is 0 Å². The van der Waals surface area contributed by atoms with E-state index in [-0.39, 0.29) is 30.7 Å². The molecular formula is C12H27Cl2N3O. The van der Waals surface area contributed by atoms with Crippen LogP contribution in [0.2, 0.25) is 0 Å². The summed E-state index contributed by atoms with van der Waals surface area (Å²) in [6.45, 7) is 9.84. The van der Waals surface area contributed by atoms with Gasteiger partial charge in [0, 0.05) is 13.1 Å². The van der Waals surface area contributed by atoms with Crippen LogP contribution in [0.25, 0.3) is 0 Å². The van der Waals surface area contributed by atoms with Crippen molar-refractivity contribution in [1.29, 1.82) is 0 Å². The summed E-state index contributed by atoms with van der Waals surface area (Å²) in [5.74, 6) is 0.421. The number of nitrogens with one attached hydrogen (secondary N) is 1. The van der Waals surface area contributed by atoms with E-state index < -0.39 is 5.54 Å². The van der Waals surface area contributed by atoms with Crippen LogP contribution in [0.1, 0.15) is 33.6 Å². The van der Waals surface area contributed by atoms with Gasteiger partial charge in [-0.2, -0.15) is 0 Å². The number of carbonyl (C=O) groups is 1. The first-order valence-electron chi connectivity index (χ1n) is 6.19. The number of likely N-dealkylation sites (tertiary alicyclic amines) is 1. The average Bonchev–Trinajstić information content (AvgIpc) is 2.65. The molecule has 0 radical (unpaired) electrons. The lowest BCUT2D eigenvalue weighted by molar-refractivity contribution is -0.125. The first kappa shape index (κ1) is 20.3. The fraction of sp³-hybridized carbons (Fsp3) is 0.917. The first-order valence-corrected chi connectivity index (χ1v) is 6.19. The third-order valence-electron chi connectivity index (χ3n) is 2.96. The topological polar surface area (TPSA) is 58.4 Å². The van der Waals surface area contributed by atoms with E-state index in [1.54, 1.807) is 13.8 Å². The van der Waals surface area contributed by atoms with Crippen molar-refractivity contribution in [3.05, 3.63) is 0 Å². The number of rotatable bonds is 5. The van der Waals surface area contributed by atoms with Crippen LogP contribution in [-0.4, -0.2) is 42.5 Å². The van der Waals surface area contributed by atoms with Gasteiger partial charge in [-0.05, 0) is 45.7 Å². The van der Waals surface area contributed by atoms with E-state index in [0.717, 1.165) is 13.1 Å². The molecule has 1 aliphatic heterocycles. The second-order valence-corrected chi connectivity index (χ2v) is 5.54. The van der Waals surface area contributed by atoms with Crippen LogP contribution < -0.4 is 11.1 Å². The van der Waals surface area contributed by atoms with Crippen LogP contribution in [-0.2, 0) is 4.79 Å².